The second kappa shape index (κ2) is 0.533. The second-order valence-corrected chi connectivity index (χ2v) is 1.88. The number of hydrazine groups is 1. The van der Waals surface area contributed by atoms with Crippen molar-refractivity contribution in [3.63, 3.8) is 0 Å². The minimum atomic E-state index is 0.250. The van der Waals surface area contributed by atoms with E-state index in [2.05, 4.69) is 24.7 Å². The van der Waals surface area contributed by atoms with E-state index in [-0.39, 0.29) is 5.66 Å². The maximum absolute atomic E-state index is 2.92. The SMILES string of the molecule is CC1(C)NN1. The summed E-state index contributed by atoms with van der Waals surface area (Å²) in [5, 5.41) is 0. The molecule has 0 amide bonds. The molecule has 0 aromatic rings. The summed E-state index contributed by atoms with van der Waals surface area (Å²) in [6, 6.07) is 0. The van der Waals surface area contributed by atoms with Crippen LogP contribution in [0.3, 0.4) is 0 Å². The quantitative estimate of drug-likeness (QED) is 0.390. The Kier molecular flexibility index (Phi) is 0.333. The monoisotopic (exact) mass is 72.1 g/mol. The zero-order valence-electron chi connectivity index (χ0n) is 3.50. The molecule has 2 nitrogen and oxygen atoms in total. The number of hydrogen-bond acceptors (Lipinski definition) is 2. The van der Waals surface area contributed by atoms with E-state index < -0.39 is 0 Å². The van der Waals surface area contributed by atoms with Gasteiger partial charge >= 0.3 is 0 Å². The van der Waals surface area contributed by atoms with E-state index in [1.54, 1.807) is 0 Å². The summed E-state index contributed by atoms with van der Waals surface area (Å²) >= 11 is 0. The van der Waals surface area contributed by atoms with Gasteiger partial charge in [-0.2, -0.15) is 0 Å². The van der Waals surface area contributed by atoms with Crippen LogP contribution >= 0.6 is 0 Å². The van der Waals surface area contributed by atoms with Crippen LogP contribution in [0, 0.1) is 0 Å². The molecule has 1 saturated heterocycles. The third-order valence-corrected chi connectivity index (χ3v) is 0.625. The molecule has 1 heterocycles. The Morgan fingerprint density at radius 1 is 1.20 bits per heavy atom. The van der Waals surface area contributed by atoms with Gasteiger partial charge in [-0.15, -0.1) is 0 Å². The van der Waals surface area contributed by atoms with Crippen LogP contribution in [-0.4, -0.2) is 5.66 Å². The van der Waals surface area contributed by atoms with Crippen LogP contribution in [0.25, 0.3) is 0 Å². The van der Waals surface area contributed by atoms with Crippen LogP contribution in [0.5, 0.6) is 0 Å². The van der Waals surface area contributed by atoms with Crippen molar-refractivity contribution in [3.05, 3.63) is 0 Å². The van der Waals surface area contributed by atoms with Gasteiger partial charge < -0.3 is 0 Å². The molecule has 0 spiro atoms. The van der Waals surface area contributed by atoms with Gasteiger partial charge in [-0.3, -0.25) is 0 Å². The average molecular weight is 72.1 g/mol. The summed E-state index contributed by atoms with van der Waals surface area (Å²) in [5.41, 5.74) is 6.10. The van der Waals surface area contributed by atoms with Gasteiger partial charge in [-0.05, 0) is 13.8 Å². The molecule has 30 valence electrons. The lowest BCUT2D eigenvalue weighted by atomic mass is 10.4. The van der Waals surface area contributed by atoms with Crippen LogP contribution in [-0.2, 0) is 0 Å². The van der Waals surface area contributed by atoms with Crippen LogP contribution in [0.15, 0.2) is 0 Å². The fraction of sp³-hybridized carbons (Fsp3) is 1.00. The number of nitrogens with one attached hydrogen (secondary N) is 2. The minimum absolute atomic E-state index is 0.250. The minimum Gasteiger partial charge on any atom is -0.236 e. The van der Waals surface area contributed by atoms with Crippen LogP contribution < -0.4 is 10.9 Å². The molecule has 1 fully saturated rings. The van der Waals surface area contributed by atoms with Gasteiger partial charge in [0.2, 0.25) is 0 Å². The molecule has 0 aromatic heterocycles. The zero-order chi connectivity index (χ0) is 3.91. The lowest BCUT2D eigenvalue weighted by Crippen LogP contribution is -2.00. The van der Waals surface area contributed by atoms with E-state index in [0.29, 0.717) is 0 Å². The van der Waals surface area contributed by atoms with E-state index in [4.69, 9.17) is 0 Å². The first kappa shape index (κ1) is 3.12. The summed E-state index contributed by atoms with van der Waals surface area (Å²) in [4.78, 5) is 0. The highest BCUT2D eigenvalue weighted by Gasteiger charge is 2.28. The molecule has 0 aromatic carbocycles. The fourth-order valence-corrected chi connectivity index (χ4v) is 0.125. The van der Waals surface area contributed by atoms with Crippen LogP contribution in [0.1, 0.15) is 13.8 Å². The Balaban J connectivity index is 2.38. The first-order valence-electron chi connectivity index (χ1n) is 1.75. The molecule has 0 bridgehead atoms. The number of rotatable bonds is 0. The molecule has 0 saturated carbocycles. The van der Waals surface area contributed by atoms with Gasteiger partial charge in [0.05, 0.1) is 5.66 Å². The summed E-state index contributed by atoms with van der Waals surface area (Å²) in [6.45, 7) is 4.15. The highest BCUT2D eigenvalue weighted by molar-refractivity contribution is 4.82. The van der Waals surface area contributed by atoms with Crippen molar-refractivity contribution >= 4 is 0 Å². The Hall–Kier alpha value is -0.0800. The predicted molar refractivity (Wildman–Crippen MR) is 20.4 cm³/mol. The van der Waals surface area contributed by atoms with Crippen LogP contribution in [0.4, 0.5) is 0 Å². The van der Waals surface area contributed by atoms with Gasteiger partial charge in [0.25, 0.3) is 0 Å². The topological polar surface area (TPSA) is 43.9 Å². The van der Waals surface area contributed by atoms with Gasteiger partial charge in [0.15, 0.2) is 0 Å². The first-order chi connectivity index (χ1) is 2.21. The Labute approximate surface area is 31.5 Å². The maximum Gasteiger partial charge on any atom is 0.0887 e. The van der Waals surface area contributed by atoms with Crippen molar-refractivity contribution in [2.24, 2.45) is 0 Å². The standard InChI is InChI=1S/C3H8N2/c1-3(2)4-5-3/h4-5H,1-2H3. The summed E-state index contributed by atoms with van der Waals surface area (Å²) in [6.07, 6.45) is 0. The van der Waals surface area contributed by atoms with Gasteiger partial charge in [0.1, 0.15) is 0 Å². The molecule has 0 radical (unpaired) electrons. The van der Waals surface area contributed by atoms with Gasteiger partial charge in [-0.1, -0.05) is 0 Å². The highest BCUT2D eigenvalue weighted by atomic mass is 15.7. The number of hydrogen-bond donors (Lipinski definition) is 2. The molecule has 2 heteroatoms. The molecule has 1 aliphatic rings. The van der Waals surface area contributed by atoms with Gasteiger partial charge in [0, 0.05) is 0 Å². The molecule has 5 heavy (non-hydrogen) atoms. The lowest BCUT2D eigenvalue weighted by Gasteiger charge is -1.81. The fourth-order valence-electron chi connectivity index (χ4n) is 0.125. The maximum atomic E-state index is 2.92. The Bertz CT molecular complexity index is 42.9. The van der Waals surface area contributed by atoms with Gasteiger partial charge in [-0.25, -0.2) is 10.9 Å². The molecule has 2 N–H and O–H groups in total. The van der Waals surface area contributed by atoms with Crippen molar-refractivity contribution in [2.45, 2.75) is 19.5 Å². The molecule has 0 aliphatic carbocycles. The molecular formula is C3H8N2. The summed E-state index contributed by atoms with van der Waals surface area (Å²) in [5.74, 6) is 0. The molecule has 0 unspecified atom stereocenters. The largest absolute Gasteiger partial charge is 0.236 e. The van der Waals surface area contributed by atoms with Crippen LogP contribution in [0.2, 0.25) is 0 Å². The van der Waals surface area contributed by atoms with E-state index in [1.165, 1.54) is 0 Å². The van der Waals surface area contributed by atoms with Crippen molar-refractivity contribution < 1.29 is 0 Å². The smallest absolute Gasteiger partial charge is 0.0887 e. The highest BCUT2D eigenvalue weighted by Crippen LogP contribution is 2.02. The second-order valence-electron chi connectivity index (χ2n) is 1.88. The zero-order valence-corrected chi connectivity index (χ0v) is 3.50. The normalized spacial score (nSPS) is 30.0. The summed E-state index contributed by atoms with van der Waals surface area (Å²) < 4.78 is 0. The Morgan fingerprint density at radius 2 is 1.40 bits per heavy atom. The third-order valence-electron chi connectivity index (χ3n) is 0.625. The molecule has 0 atom stereocenters. The van der Waals surface area contributed by atoms with Crippen molar-refractivity contribution in [1.29, 1.82) is 0 Å². The van der Waals surface area contributed by atoms with E-state index in [9.17, 15) is 0 Å². The average Bonchev–Trinajstić information content (AvgIpc) is 1.76. The van der Waals surface area contributed by atoms with Crippen molar-refractivity contribution in [1.82, 2.24) is 10.9 Å². The third kappa shape index (κ3) is 0.597. The predicted octanol–water partition coefficient (Wildman–Crippen LogP) is -0.170. The van der Waals surface area contributed by atoms with E-state index in [0.717, 1.165) is 0 Å². The van der Waals surface area contributed by atoms with Crippen molar-refractivity contribution in [2.75, 3.05) is 0 Å². The Morgan fingerprint density at radius 3 is 1.40 bits per heavy atom. The van der Waals surface area contributed by atoms with Crippen molar-refractivity contribution in [3.8, 4) is 0 Å². The van der Waals surface area contributed by atoms with E-state index in [1.807, 2.05) is 0 Å². The summed E-state index contributed by atoms with van der Waals surface area (Å²) in [7, 11) is 0. The molecule has 1 rings (SSSR count). The lowest BCUT2D eigenvalue weighted by molar-refractivity contribution is 0.759. The first-order valence-corrected chi connectivity index (χ1v) is 1.75. The van der Waals surface area contributed by atoms with E-state index >= 15 is 0 Å². The molecule has 1 aliphatic heterocycles. The molecular weight excluding hydrogens is 64.0 g/mol.